The third-order valence-electron chi connectivity index (χ3n) is 4.40. The van der Waals surface area contributed by atoms with E-state index in [-0.39, 0.29) is 17.3 Å². The average Bonchev–Trinajstić information content (AvgIpc) is 3.39. The van der Waals surface area contributed by atoms with E-state index in [9.17, 15) is 9.18 Å². The van der Waals surface area contributed by atoms with Gasteiger partial charge in [0.15, 0.2) is 11.0 Å². The third-order valence-corrected chi connectivity index (χ3v) is 5.37. The van der Waals surface area contributed by atoms with Crippen LogP contribution < -0.4 is 5.32 Å². The highest BCUT2D eigenvalue weighted by Gasteiger charge is 2.17. The number of anilines is 1. The summed E-state index contributed by atoms with van der Waals surface area (Å²) in [5, 5.41) is 11.8. The second kappa shape index (κ2) is 8.96. The summed E-state index contributed by atoms with van der Waals surface area (Å²) in [5.74, 6) is 0.704. The van der Waals surface area contributed by atoms with Gasteiger partial charge in [-0.1, -0.05) is 53.7 Å². The van der Waals surface area contributed by atoms with E-state index in [1.807, 2.05) is 47.9 Å². The van der Waals surface area contributed by atoms with Crippen molar-refractivity contribution < 1.29 is 13.6 Å². The molecule has 1 amide bonds. The molecule has 1 N–H and O–H groups in total. The number of hydrogen-bond acceptors (Lipinski definition) is 5. The molecule has 0 spiro atoms. The second-order valence-electron chi connectivity index (χ2n) is 6.65. The Morgan fingerprint density at radius 1 is 1.10 bits per heavy atom. The molecule has 0 radical (unpaired) electrons. The number of rotatable bonds is 7. The number of furan rings is 1. The number of nitrogens with one attached hydrogen (secondary N) is 1. The van der Waals surface area contributed by atoms with Crippen LogP contribution in [0.3, 0.4) is 0 Å². The molecular formula is C22H19FN4O2S. The Balaban J connectivity index is 1.54. The van der Waals surface area contributed by atoms with Gasteiger partial charge in [0.1, 0.15) is 11.6 Å². The number of para-hydroxylation sites is 1. The molecule has 2 aromatic heterocycles. The van der Waals surface area contributed by atoms with Crippen molar-refractivity contribution in [2.75, 3.05) is 11.1 Å². The number of hydrogen-bond donors (Lipinski definition) is 1. The number of aryl methyl sites for hydroxylation is 1. The maximum absolute atomic E-state index is 13.7. The van der Waals surface area contributed by atoms with E-state index in [4.69, 9.17) is 4.42 Å². The van der Waals surface area contributed by atoms with Gasteiger partial charge in [0.05, 0.1) is 24.2 Å². The molecule has 2 aromatic carbocycles. The number of benzene rings is 2. The quantitative estimate of drug-likeness (QED) is 0.435. The Morgan fingerprint density at radius 2 is 1.90 bits per heavy atom. The zero-order valence-corrected chi connectivity index (χ0v) is 17.0. The van der Waals surface area contributed by atoms with Crippen LogP contribution >= 0.6 is 11.8 Å². The summed E-state index contributed by atoms with van der Waals surface area (Å²) in [6.07, 6.45) is 1.61. The highest BCUT2D eigenvalue weighted by Crippen LogP contribution is 2.26. The van der Waals surface area contributed by atoms with E-state index >= 15 is 0 Å². The Hall–Kier alpha value is -3.39. The largest absolute Gasteiger partial charge is 0.467 e. The standard InChI is InChI=1S/C22H19FN4O2S/c1-15-8-10-16(11-9-15)21-25-26-22(27(21)13-17-5-4-12-29-17)30-14-20(28)24-19-7-3-2-6-18(19)23/h2-12H,13-14H2,1H3,(H,24,28). The molecule has 4 aromatic rings. The Kier molecular flexibility index (Phi) is 5.94. The van der Waals surface area contributed by atoms with Crippen LogP contribution in [0.4, 0.5) is 10.1 Å². The SMILES string of the molecule is Cc1ccc(-c2nnc(SCC(=O)Nc3ccccc3F)n2Cc2ccco2)cc1. The molecule has 0 unspecified atom stereocenters. The highest BCUT2D eigenvalue weighted by atomic mass is 32.2. The number of thioether (sulfide) groups is 1. The predicted octanol–water partition coefficient (Wildman–Crippen LogP) is 4.76. The van der Waals surface area contributed by atoms with Crippen LogP contribution in [-0.2, 0) is 11.3 Å². The smallest absolute Gasteiger partial charge is 0.234 e. The van der Waals surface area contributed by atoms with Crippen molar-refractivity contribution in [2.24, 2.45) is 0 Å². The van der Waals surface area contributed by atoms with Gasteiger partial charge in [-0.2, -0.15) is 0 Å². The maximum Gasteiger partial charge on any atom is 0.234 e. The monoisotopic (exact) mass is 422 g/mol. The number of halogens is 1. The fraction of sp³-hybridized carbons (Fsp3) is 0.136. The summed E-state index contributed by atoms with van der Waals surface area (Å²) < 4.78 is 21.1. The molecule has 2 heterocycles. The summed E-state index contributed by atoms with van der Waals surface area (Å²) >= 11 is 1.23. The van der Waals surface area contributed by atoms with Crippen molar-refractivity contribution in [2.45, 2.75) is 18.6 Å². The van der Waals surface area contributed by atoms with E-state index in [1.165, 1.54) is 23.9 Å². The molecular weight excluding hydrogens is 403 g/mol. The van der Waals surface area contributed by atoms with Gasteiger partial charge in [-0.3, -0.25) is 9.36 Å². The van der Waals surface area contributed by atoms with Gasteiger partial charge in [0.2, 0.25) is 5.91 Å². The first-order valence-electron chi connectivity index (χ1n) is 9.30. The first-order valence-corrected chi connectivity index (χ1v) is 10.3. The fourth-order valence-electron chi connectivity index (χ4n) is 2.89. The normalized spacial score (nSPS) is 10.9. The van der Waals surface area contributed by atoms with Crippen LogP contribution in [0.2, 0.25) is 0 Å². The van der Waals surface area contributed by atoms with Crippen LogP contribution in [-0.4, -0.2) is 26.4 Å². The van der Waals surface area contributed by atoms with Gasteiger partial charge >= 0.3 is 0 Å². The lowest BCUT2D eigenvalue weighted by Crippen LogP contribution is -2.15. The highest BCUT2D eigenvalue weighted by molar-refractivity contribution is 7.99. The van der Waals surface area contributed by atoms with E-state index in [1.54, 1.807) is 18.4 Å². The number of nitrogens with zero attached hydrogens (tertiary/aromatic N) is 3. The van der Waals surface area contributed by atoms with Crippen LogP contribution in [0.25, 0.3) is 11.4 Å². The molecule has 0 aliphatic carbocycles. The zero-order valence-electron chi connectivity index (χ0n) is 16.2. The van der Waals surface area contributed by atoms with Crippen molar-refractivity contribution in [3.05, 3.63) is 84.1 Å². The number of aromatic nitrogens is 3. The lowest BCUT2D eigenvalue weighted by atomic mass is 10.1. The molecule has 0 aliphatic heterocycles. The van der Waals surface area contributed by atoms with Gasteiger partial charge in [-0.15, -0.1) is 10.2 Å². The lowest BCUT2D eigenvalue weighted by molar-refractivity contribution is -0.113. The summed E-state index contributed by atoms with van der Waals surface area (Å²) in [5.41, 5.74) is 2.22. The van der Waals surface area contributed by atoms with E-state index in [0.29, 0.717) is 17.5 Å². The molecule has 0 atom stereocenters. The molecule has 8 heteroatoms. The van der Waals surface area contributed by atoms with Crippen LogP contribution in [0.15, 0.2) is 76.5 Å². The minimum absolute atomic E-state index is 0.0680. The van der Waals surface area contributed by atoms with Gasteiger partial charge in [0, 0.05) is 5.56 Å². The fourth-order valence-corrected chi connectivity index (χ4v) is 3.63. The lowest BCUT2D eigenvalue weighted by Gasteiger charge is -2.09. The van der Waals surface area contributed by atoms with E-state index < -0.39 is 5.82 Å². The van der Waals surface area contributed by atoms with E-state index in [2.05, 4.69) is 15.5 Å². The Labute approximate surface area is 177 Å². The Morgan fingerprint density at radius 3 is 2.63 bits per heavy atom. The van der Waals surface area contributed by atoms with Gasteiger partial charge < -0.3 is 9.73 Å². The minimum Gasteiger partial charge on any atom is -0.467 e. The molecule has 6 nitrogen and oxygen atoms in total. The van der Waals surface area contributed by atoms with Crippen molar-refractivity contribution in [1.82, 2.24) is 14.8 Å². The number of carbonyl (C=O) groups excluding carboxylic acids is 1. The van der Waals surface area contributed by atoms with Gasteiger partial charge in [0.25, 0.3) is 0 Å². The van der Waals surface area contributed by atoms with Crippen LogP contribution in [0, 0.1) is 12.7 Å². The first kappa shape index (κ1) is 19.9. The second-order valence-corrected chi connectivity index (χ2v) is 7.60. The Bertz CT molecular complexity index is 1140. The molecule has 30 heavy (non-hydrogen) atoms. The molecule has 4 rings (SSSR count). The molecule has 0 saturated carbocycles. The molecule has 152 valence electrons. The summed E-state index contributed by atoms with van der Waals surface area (Å²) in [6, 6.07) is 17.7. The topological polar surface area (TPSA) is 73.0 Å². The van der Waals surface area contributed by atoms with Crippen molar-refractivity contribution in [3.63, 3.8) is 0 Å². The molecule has 0 fully saturated rings. The number of carbonyl (C=O) groups is 1. The summed E-state index contributed by atoms with van der Waals surface area (Å²) in [4.78, 5) is 12.3. The maximum atomic E-state index is 13.7. The molecule has 0 aliphatic rings. The minimum atomic E-state index is -0.474. The van der Waals surface area contributed by atoms with Crippen molar-refractivity contribution in [1.29, 1.82) is 0 Å². The van der Waals surface area contributed by atoms with Crippen molar-refractivity contribution >= 4 is 23.4 Å². The van der Waals surface area contributed by atoms with Gasteiger partial charge in [-0.05, 0) is 31.2 Å². The van der Waals surface area contributed by atoms with Crippen LogP contribution in [0.1, 0.15) is 11.3 Å². The number of amides is 1. The zero-order chi connectivity index (χ0) is 20.9. The molecule has 0 saturated heterocycles. The third kappa shape index (κ3) is 4.60. The van der Waals surface area contributed by atoms with Crippen molar-refractivity contribution in [3.8, 4) is 11.4 Å². The average molecular weight is 422 g/mol. The molecule has 0 bridgehead atoms. The predicted molar refractivity (Wildman–Crippen MR) is 114 cm³/mol. The first-order chi connectivity index (χ1) is 14.6. The van der Waals surface area contributed by atoms with Gasteiger partial charge in [-0.25, -0.2) is 4.39 Å². The van der Waals surface area contributed by atoms with Crippen LogP contribution in [0.5, 0.6) is 0 Å². The summed E-state index contributed by atoms with van der Waals surface area (Å²) in [6.45, 7) is 2.45. The van der Waals surface area contributed by atoms with E-state index in [0.717, 1.165) is 16.9 Å². The summed E-state index contributed by atoms with van der Waals surface area (Å²) in [7, 11) is 0.